The van der Waals surface area contributed by atoms with E-state index < -0.39 is 6.04 Å². The fraction of sp³-hybridized carbons (Fsp3) is 0.440. The summed E-state index contributed by atoms with van der Waals surface area (Å²) in [6.07, 6.45) is 0.833. The van der Waals surface area contributed by atoms with Crippen LogP contribution < -0.4 is 14.8 Å². The number of nitrogens with zero attached hydrogens (tertiary/aromatic N) is 1. The third-order valence-electron chi connectivity index (χ3n) is 5.12. The Morgan fingerprint density at radius 1 is 1.03 bits per heavy atom. The molecule has 2 aromatic carbocycles. The summed E-state index contributed by atoms with van der Waals surface area (Å²) < 4.78 is 11.1. The van der Waals surface area contributed by atoms with Gasteiger partial charge >= 0.3 is 0 Å². The lowest BCUT2D eigenvalue weighted by molar-refractivity contribution is -0.142. The molecule has 2 amide bonds. The molecule has 0 saturated carbocycles. The molecule has 0 radical (unpaired) electrons. The van der Waals surface area contributed by atoms with Gasteiger partial charge in [0.15, 0.2) is 6.61 Å². The summed E-state index contributed by atoms with van der Waals surface area (Å²) in [5.41, 5.74) is 1.96. The molecule has 0 aliphatic carbocycles. The SMILES string of the molecule is CCCNC(=O)[C@@H](C)N(Cc1ccc(OC)cc1)C(=O)COc1ccccc1C(C)C. The van der Waals surface area contributed by atoms with E-state index in [0.29, 0.717) is 18.8 Å². The van der Waals surface area contributed by atoms with Gasteiger partial charge in [-0.05, 0) is 48.6 Å². The zero-order valence-electron chi connectivity index (χ0n) is 19.2. The van der Waals surface area contributed by atoms with Crippen LogP contribution in [0.25, 0.3) is 0 Å². The smallest absolute Gasteiger partial charge is 0.261 e. The maximum Gasteiger partial charge on any atom is 0.261 e. The number of carbonyl (C=O) groups excluding carboxylic acids is 2. The first-order valence-corrected chi connectivity index (χ1v) is 10.8. The van der Waals surface area contributed by atoms with Crippen LogP contribution in [0.1, 0.15) is 51.2 Å². The molecular formula is C25H34N2O4. The van der Waals surface area contributed by atoms with Gasteiger partial charge in [-0.2, -0.15) is 0 Å². The zero-order valence-corrected chi connectivity index (χ0v) is 19.2. The molecule has 0 unspecified atom stereocenters. The quantitative estimate of drug-likeness (QED) is 0.586. The number of hydrogen-bond donors (Lipinski definition) is 1. The van der Waals surface area contributed by atoms with Crippen LogP contribution >= 0.6 is 0 Å². The van der Waals surface area contributed by atoms with Crippen molar-refractivity contribution in [3.63, 3.8) is 0 Å². The summed E-state index contributed by atoms with van der Waals surface area (Å²) in [7, 11) is 1.61. The third kappa shape index (κ3) is 7.02. The van der Waals surface area contributed by atoms with Gasteiger partial charge in [0.25, 0.3) is 5.91 Å². The average molecular weight is 427 g/mol. The molecule has 2 rings (SSSR count). The average Bonchev–Trinajstić information content (AvgIpc) is 2.79. The highest BCUT2D eigenvalue weighted by Crippen LogP contribution is 2.26. The molecule has 6 nitrogen and oxygen atoms in total. The van der Waals surface area contributed by atoms with E-state index in [1.807, 2.05) is 55.5 Å². The summed E-state index contributed by atoms with van der Waals surface area (Å²) in [4.78, 5) is 27.3. The van der Waals surface area contributed by atoms with Crippen molar-refractivity contribution in [2.24, 2.45) is 0 Å². The number of carbonyl (C=O) groups is 2. The fourth-order valence-corrected chi connectivity index (χ4v) is 3.22. The van der Waals surface area contributed by atoms with Crippen LogP contribution in [-0.4, -0.2) is 43.0 Å². The minimum Gasteiger partial charge on any atom is -0.497 e. The minimum atomic E-state index is -0.620. The Morgan fingerprint density at radius 2 is 1.71 bits per heavy atom. The Hall–Kier alpha value is -3.02. The Balaban J connectivity index is 2.17. The lowest BCUT2D eigenvalue weighted by Gasteiger charge is -2.29. The monoisotopic (exact) mass is 426 g/mol. The van der Waals surface area contributed by atoms with E-state index in [1.165, 1.54) is 0 Å². The molecule has 0 heterocycles. The molecule has 0 spiro atoms. The number of methoxy groups -OCH3 is 1. The van der Waals surface area contributed by atoms with Crippen molar-refractivity contribution in [3.8, 4) is 11.5 Å². The van der Waals surface area contributed by atoms with Gasteiger partial charge in [0.05, 0.1) is 7.11 Å². The summed E-state index contributed by atoms with van der Waals surface area (Å²) in [5.74, 6) is 1.29. The zero-order chi connectivity index (χ0) is 22.8. The van der Waals surface area contributed by atoms with Crippen LogP contribution in [0, 0.1) is 0 Å². The summed E-state index contributed by atoms with van der Waals surface area (Å²) >= 11 is 0. The Kier molecular flexibility index (Phi) is 9.38. The van der Waals surface area contributed by atoms with Gasteiger partial charge in [-0.1, -0.05) is 51.1 Å². The molecule has 0 aromatic heterocycles. The predicted molar refractivity (Wildman–Crippen MR) is 122 cm³/mol. The Labute approximate surface area is 185 Å². The molecule has 1 atom stereocenters. The van der Waals surface area contributed by atoms with Crippen LogP contribution in [0.3, 0.4) is 0 Å². The van der Waals surface area contributed by atoms with Gasteiger partial charge in [0, 0.05) is 13.1 Å². The van der Waals surface area contributed by atoms with E-state index in [4.69, 9.17) is 9.47 Å². The molecule has 6 heteroatoms. The van der Waals surface area contributed by atoms with E-state index >= 15 is 0 Å². The van der Waals surface area contributed by atoms with Gasteiger partial charge in [-0.25, -0.2) is 0 Å². The van der Waals surface area contributed by atoms with E-state index in [0.717, 1.165) is 23.3 Å². The Morgan fingerprint density at radius 3 is 2.32 bits per heavy atom. The van der Waals surface area contributed by atoms with Crippen molar-refractivity contribution in [2.45, 2.75) is 52.6 Å². The summed E-state index contributed by atoms with van der Waals surface area (Å²) in [5, 5.41) is 2.88. The topological polar surface area (TPSA) is 67.9 Å². The van der Waals surface area contributed by atoms with Crippen molar-refractivity contribution < 1.29 is 19.1 Å². The molecule has 31 heavy (non-hydrogen) atoms. The van der Waals surface area contributed by atoms with Crippen molar-refractivity contribution in [1.82, 2.24) is 10.2 Å². The fourth-order valence-electron chi connectivity index (χ4n) is 3.22. The second-order valence-electron chi connectivity index (χ2n) is 7.82. The lowest BCUT2D eigenvalue weighted by atomic mass is 10.0. The van der Waals surface area contributed by atoms with Crippen LogP contribution in [0.2, 0.25) is 0 Å². The number of amides is 2. The molecule has 2 aromatic rings. The van der Waals surface area contributed by atoms with Gasteiger partial charge in [0.1, 0.15) is 17.5 Å². The predicted octanol–water partition coefficient (Wildman–Crippen LogP) is 4.14. The van der Waals surface area contributed by atoms with Gasteiger partial charge < -0.3 is 19.7 Å². The summed E-state index contributed by atoms with van der Waals surface area (Å²) in [6.45, 7) is 8.65. The molecular weight excluding hydrogens is 392 g/mol. The van der Waals surface area contributed by atoms with E-state index in [1.54, 1.807) is 18.9 Å². The van der Waals surface area contributed by atoms with Crippen molar-refractivity contribution in [2.75, 3.05) is 20.3 Å². The first kappa shape index (κ1) is 24.3. The number of hydrogen-bond acceptors (Lipinski definition) is 4. The van der Waals surface area contributed by atoms with E-state index in [2.05, 4.69) is 19.2 Å². The molecule has 0 bridgehead atoms. The molecule has 1 N–H and O–H groups in total. The molecule has 168 valence electrons. The third-order valence-corrected chi connectivity index (χ3v) is 5.12. The van der Waals surface area contributed by atoms with Crippen LogP contribution in [-0.2, 0) is 16.1 Å². The highest BCUT2D eigenvalue weighted by molar-refractivity contribution is 5.88. The largest absolute Gasteiger partial charge is 0.497 e. The number of para-hydroxylation sites is 1. The normalized spacial score (nSPS) is 11.7. The van der Waals surface area contributed by atoms with E-state index in [9.17, 15) is 9.59 Å². The Bertz CT molecular complexity index is 849. The van der Waals surface area contributed by atoms with Crippen molar-refractivity contribution in [3.05, 3.63) is 59.7 Å². The van der Waals surface area contributed by atoms with Gasteiger partial charge in [0.2, 0.25) is 5.91 Å². The van der Waals surface area contributed by atoms with Crippen LogP contribution in [0.15, 0.2) is 48.5 Å². The van der Waals surface area contributed by atoms with Crippen LogP contribution in [0.5, 0.6) is 11.5 Å². The van der Waals surface area contributed by atoms with Crippen molar-refractivity contribution in [1.29, 1.82) is 0 Å². The number of rotatable bonds is 11. The lowest BCUT2D eigenvalue weighted by Crippen LogP contribution is -2.49. The maximum atomic E-state index is 13.1. The number of benzene rings is 2. The highest BCUT2D eigenvalue weighted by atomic mass is 16.5. The molecule has 0 saturated heterocycles. The summed E-state index contributed by atoms with van der Waals surface area (Å²) in [6, 6.07) is 14.6. The minimum absolute atomic E-state index is 0.134. The van der Waals surface area contributed by atoms with E-state index in [-0.39, 0.29) is 24.3 Å². The highest BCUT2D eigenvalue weighted by Gasteiger charge is 2.26. The van der Waals surface area contributed by atoms with Gasteiger partial charge in [-0.15, -0.1) is 0 Å². The standard InChI is InChI=1S/C25H34N2O4/c1-6-15-26-25(29)19(4)27(16-20-11-13-21(30-5)14-12-20)24(28)17-31-23-10-8-7-9-22(23)18(2)3/h7-14,18-19H,6,15-17H2,1-5H3,(H,26,29)/t19-/m1/s1. The number of ether oxygens (including phenoxy) is 2. The van der Waals surface area contributed by atoms with Crippen molar-refractivity contribution >= 4 is 11.8 Å². The second-order valence-corrected chi connectivity index (χ2v) is 7.82. The number of nitrogens with one attached hydrogen (secondary N) is 1. The first-order valence-electron chi connectivity index (χ1n) is 10.8. The molecule has 0 fully saturated rings. The molecule has 0 aliphatic rings. The first-order chi connectivity index (χ1) is 14.9. The maximum absolute atomic E-state index is 13.1. The van der Waals surface area contributed by atoms with Gasteiger partial charge in [-0.3, -0.25) is 9.59 Å². The molecule has 0 aliphatic heterocycles. The van der Waals surface area contributed by atoms with Crippen LogP contribution in [0.4, 0.5) is 0 Å². The second kappa shape index (κ2) is 12.0.